The summed E-state index contributed by atoms with van der Waals surface area (Å²) in [4.78, 5) is 30.1. The maximum absolute atomic E-state index is 13.0. The molecule has 1 aromatic rings. The Morgan fingerprint density at radius 3 is 2.25 bits per heavy atom. The van der Waals surface area contributed by atoms with Crippen LogP contribution in [0.3, 0.4) is 0 Å². The average molecular weight is 384 g/mol. The topological polar surface area (TPSA) is 52.7 Å². The van der Waals surface area contributed by atoms with E-state index in [1.807, 2.05) is 36.1 Å². The Balaban J connectivity index is 1.36. The van der Waals surface area contributed by atoms with Crippen LogP contribution in [0, 0.1) is 18.8 Å². The summed E-state index contributed by atoms with van der Waals surface area (Å²) in [6.45, 7) is 5.85. The molecule has 1 aromatic carbocycles. The van der Waals surface area contributed by atoms with E-state index in [2.05, 4.69) is 10.2 Å². The zero-order valence-corrected chi connectivity index (χ0v) is 17.0. The molecule has 2 amide bonds. The Kier molecular flexibility index (Phi) is 6.00. The number of hydrogen-bond donors (Lipinski definition) is 1. The molecular formula is C23H33N3O2. The normalized spacial score (nSPS) is 22.2. The van der Waals surface area contributed by atoms with Gasteiger partial charge in [-0.3, -0.25) is 14.5 Å². The first-order valence-electron chi connectivity index (χ1n) is 11.0. The first kappa shape index (κ1) is 19.4. The third kappa shape index (κ3) is 4.57. The second-order valence-electron chi connectivity index (χ2n) is 8.87. The quantitative estimate of drug-likeness (QED) is 0.822. The van der Waals surface area contributed by atoms with Crippen molar-refractivity contribution < 1.29 is 9.59 Å². The van der Waals surface area contributed by atoms with Gasteiger partial charge in [-0.1, -0.05) is 30.5 Å². The number of rotatable bonds is 6. The largest absolute Gasteiger partial charge is 0.354 e. The zero-order chi connectivity index (χ0) is 19.5. The van der Waals surface area contributed by atoms with E-state index in [9.17, 15) is 9.59 Å². The molecule has 3 aliphatic rings. The van der Waals surface area contributed by atoms with Crippen LogP contribution >= 0.6 is 0 Å². The summed E-state index contributed by atoms with van der Waals surface area (Å²) in [5, 5.41) is 3.22. The van der Waals surface area contributed by atoms with Crippen LogP contribution in [0.25, 0.3) is 0 Å². The number of nitrogens with one attached hydrogen (secondary N) is 1. The number of aryl methyl sites for hydroxylation is 1. The van der Waals surface area contributed by atoms with Crippen molar-refractivity contribution in [3.63, 3.8) is 0 Å². The van der Waals surface area contributed by atoms with Crippen LogP contribution in [-0.4, -0.2) is 60.4 Å². The Hall–Kier alpha value is -1.88. The molecule has 28 heavy (non-hydrogen) atoms. The molecule has 4 rings (SSSR count). The molecule has 1 unspecified atom stereocenters. The predicted octanol–water partition coefficient (Wildman–Crippen LogP) is 2.84. The number of piperazine rings is 1. The molecule has 1 saturated heterocycles. The fourth-order valence-electron chi connectivity index (χ4n) is 4.70. The third-order valence-corrected chi connectivity index (χ3v) is 6.67. The summed E-state index contributed by atoms with van der Waals surface area (Å²) in [5.74, 6) is 1.50. The van der Waals surface area contributed by atoms with Crippen LogP contribution < -0.4 is 5.32 Å². The molecule has 1 aliphatic heterocycles. The molecule has 0 bridgehead atoms. The molecule has 2 saturated carbocycles. The van der Waals surface area contributed by atoms with Crippen molar-refractivity contribution in [2.45, 2.75) is 51.5 Å². The van der Waals surface area contributed by atoms with Gasteiger partial charge in [0, 0.05) is 38.3 Å². The molecule has 5 nitrogen and oxygen atoms in total. The van der Waals surface area contributed by atoms with Crippen molar-refractivity contribution >= 4 is 11.8 Å². The SMILES string of the molecule is Cc1ccc(C(=O)N2CCN(C(C(=O)NCC3CC3)C3CCCC3)CC2)cc1. The van der Waals surface area contributed by atoms with Gasteiger partial charge in [0.1, 0.15) is 0 Å². The van der Waals surface area contributed by atoms with E-state index in [1.165, 1.54) is 25.7 Å². The van der Waals surface area contributed by atoms with Gasteiger partial charge in [0.2, 0.25) is 5.91 Å². The number of carbonyl (C=O) groups excluding carboxylic acids is 2. The summed E-state index contributed by atoms with van der Waals surface area (Å²) in [6.07, 6.45) is 7.31. The highest BCUT2D eigenvalue weighted by atomic mass is 16.2. The summed E-state index contributed by atoms with van der Waals surface area (Å²) >= 11 is 0. The van der Waals surface area contributed by atoms with Crippen LogP contribution in [0.2, 0.25) is 0 Å². The minimum atomic E-state index is -0.0159. The predicted molar refractivity (Wildman–Crippen MR) is 110 cm³/mol. The lowest BCUT2D eigenvalue weighted by Gasteiger charge is -2.40. The zero-order valence-electron chi connectivity index (χ0n) is 17.0. The van der Waals surface area contributed by atoms with Gasteiger partial charge in [-0.15, -0.1) is 0 Å². The van der Waals surface area contributed by atoms with Crippen LogP contribution in [0.1, 0.15) is 54.4 Å². The molecule has 1 heterocycles. The maximum Gasteiger partial charge on any atom is 0.253 e. The van der Waals surface area contributed by atoms with Crippen LogP contribution in [0.4, 0.5) is 0 Å². The van der Waals surface area contributed by atoms with Crippen molar-refractivity contribution in [2.75, 3.05) is 32.7 Å². The number of nitrogens with zero attached hydrogens (tertiary/aromatic N) is 2. The highest BCUT2D eigenvalue weighted by Gasteiger charge is 2.37. The van der Waals surface area contributed by atoms with Crippen LogP contribution in [0.5, 0.6) is 0 Å². The highest BCUT2D eigenvalue weighted by Crippen LogP contribution is 2.32. The lowest BCUT2D eigenvalue weighted by atomic mass is 9.95. The number of amides is 2. The molecule has 5 heteroatoms. The fraction of sp³-hybridized carbons (Fsp3) is 0.652. The molecule has 1 N–H and O–H groups in total. The monoisotopic (exact) mass is 383 g/mol. The number of carbonyl (C=O) groups is 2. The Bertz CT molecular complexity index is 684. The molecule has 2 aliphatic carbocycles. The molecule has 0 radical (unpaired) electrons. The minimum Gasteiger partial charge on any atom is -0.354 e. The standard InChI is InChI=1S/C23H33N3O2/c1-17-6-10-20(11-7-17)23(28)26-14-12-25(13-15-26)21(19-4-2-3-5-19)22(27)24-16-18-8-9-18/h6-7,10-11,18-19,21H,2-5,8-9,12-16H2,1H3,(H,24,27). The lowest BCUT2D eigenvalue weighted by molar-refractivity contribution is -0.129. The van der Waals surface area contributed by atoms with Crippen molar-refractivity contribution in [1.29, 1.82) is 0 Å². The van der Waals surface area contributed by atoms with Crippen molar-refractivity contribution in [3.05, 3.63) is 35.4 Å². The fourth-order valence-corrected chi connectivity index (χ4v) is 4.70. The van der Waals surface area contributed by atoms with Gasteiger partial charge < -0.3 is 10.2 Å². The van der Waals surface area contributed by atoms with E-state index in [0.29, 0.717) is 24.9 Å². The lowest BCUT2D eigenvalue weighted by Crippen LogP contribution is -2.58. The van der Waals surface area contributed by atoms with E-state index < -0.39 is 0 Å². The highest BCUT2D eigenvalue weighted by molar-refractivity contribution is 5.94. The minimum absolute atomic E-state index is 0.0159. The Labute approximate surface area is 168 Å². The van der Waals surface area contributed by atoms with Gasteiger partial charge in [0.25, 0.3) is 5.91 Å². The van der Waals surface area contributed by atoms with Gasteiger partial charge in [-0.05, 0) is 56.6 Å². The first-order chi connectivity index (χ1) is 13.6. The van der Waals surface area contributed by atoms with Gasteiger partial charge in [0.05, 0.1) is 6.04 Å². The van der Waals surface area contributed by atoms with Gasteiger partial charge in [0.15, 0.2) is 0 Å². The number of hydrogen-bond acceptors (Lipinski definition) is 3. The smallest absolute Gasteiger partial charge is 0.253 e. The Morgan fingerprint density at radius 2 is 1.64 bits per heavy atom. The number of benzene rings is 1. The molecule has 152 valence electrons. The van der Waals surface area contributed by atoms with Crippen LogP contribution in [0.15, 0.2) is 24.3 Å². The van der Waals surface area contributed by atoms with E-state index in [-0.39, 0.29) is 17.9 Å². The van der Waals surface area contributed by atoms with E-state index in [1.54, 1.807) is 0 Å². The summed E-state index contributed by atoms with van der Waals surface area (Å²) < 4.78 is 0. The van der Waals surface area contributed by atoms with Gasteiger partial charge in [-0.25, -0.2) is 0 Å². The summed E-state index contributed by atoms with van der Waals surface area (Å²) in [6, 6.07) is 7.79. The molecular weight excluding hydrogens is 350 g/mol. The van der Waals surface area contributed by atoms with E-state index in [0.717, 1.165) is 43.6 Å². The third-order valence-electron chi connectivity index (χ3n) is 6.67. The first-order valence-corrected chi connectivity index (χ1v) is 11.0. The van der Waals surface area contributed by atoms with Crippen molar-refractivity contribution in [1.82, 2.24) is 15.1 Å². The van der Waals surface area contributed by atoms with Crippen LogP contribution in [-0.2, 0) is 4.79 Å². The Morgan fingerprint density at radius 1 is 1.00 bits per heavy atom. The second-order valence-corrected chi connectivity index (χ2v) is 8.87. The second kappa shape index (κ2) is 8.64. The maximum atomic E-state index is 13.0. The average Bonchev–Trinajstić information content (AvgIpc) is 3.40. The molecule has 0 spiro atoms. The van der Waals surface area contributed by atoms with E-state index in [4.69, 9.17) is 0 Å². The summed E-state index contributed by atoms with van der Waals surface area (Å²) in [7, 11) is 0. The summed E-state index contributed by atoms with van der Waals surface area (Å²) in [5.41, 5.74) is 1.92. The molecule has 3 fully saturated rings. The van der Waals surface area contributed by atoms with E-state index >= 15 is 0 Å². The van der Waals surface area contributed by atoms with Gasteiger partial charge in [-0.2, -0.15) is 0 Å². The van der Waals surface area contributed by atoms with Crippen molar-refractivity contribution in [2.24, 2.45) is 11.8 Å². The molecule has 1 atom stereocenters. The van der Waals surface area contributed by atoms with Crippen molar-refractivity contribution in [3.8, 4) is 0 Å². The van der Waals surface area contributed by atoms with Gasteiger partial charge >= 0.3 is 0 Å². The molecule has 0 aromatic heterocycles.